The van der Waals surface area contributed by atoms with Crippen LogP contribution in [0.3, 0.4) is 0 Å². The maximum absolute atomic E-state index is 15.6. The van der Waals surface area contributed by atoms with Crippen LogP contribution >= 0.6 is 0 Å². The van der Waals surface area contributed by atoms with E-state index in [0.717, 1.165) is 50.3 Å². The average Bonchev–Trinajstić information content (AvgIpc) is 3.39. The van der Waals surface area contributed by atoms with Gasteiger partial charge in [-0.05, 0) is 85.5 Å². The van der Waals surface area contributed by atoms with Gasteiger partial charge in [0.1, 0.15) is 53.8 Å². The van der Waals surface area contributed by atoms with E-state index in [0.29, 0.717) is 0 Å². The van der Waals surface area contributed by atoms with Crippen molar-refractivity contribution < 1.29 is 92.0 Å². The number of aliphatic hydroxyl groups excluding tert-OH is 3. The van der Waals surface area contributed by atoms with Crippen molar-refractivity contribution in [3.05, 3.63) is 36.5 Å². The number of aliphatic hydroxyl groups is 4. The van der Waals surface area contributed by atoms with Gasteiger partial charge in [-0.2, -0.15) is 0 Å². The summed E-state index contributed by atoms with van der Waals surface area (Å²) in [5.74, 6) is -18.5. The molecule has 19 nitrogen and oxygen atoms in total. The third-order valence-electron chi connectivity index (χ3n) is 11.5. The fourth-order valence-corrected chi connectivity index (χ4v) is 7.90. The van der Waals surface area contributed by atoms with Crippen molar-refractivity contribution in [2.45, 2.75) is 147 Å². The normalized spacial score (nSPS) is 41.1. The van der Waals surface area contributed by atoms with E-state index < -0.39 is 169 Å². The van der Waals surface area contributed by atoms with Gasteiger partial charge in [-0.25, -0.2) is 14.4 Å². The molecule has 2 bridgehead atoms. The molecule has 0 aromatic carbocycles. The van der Waals surface area contributed by atoms with Crippen LogP contribution in [0.4, 0.5) is 0 Å². The molecule has 3 aliphatic heterocycles. The maximum atomic E-state index is 15.6. The number of carbonyl (C=O) groups excluding carboxylic acids is 9. The van der Waals surface area contributed by atoms with Crippen LogP contribution in [0.15, 0.2) is 36.5 Å². The Kier molecular flexibility index (Phi) is 16.1. The predicted molar refractivity (Wildman–Crippen MR) is 204 cm³/mol. The van der Waals surface area contributed by atoms with E-state index in [2.05, 4.69) is 0 Å². The highest BCUT2D eigenvalue weighted by Crippen LogP contribution is 2.59. The lowest BCUT2D eigenvalue weighted by atomic mass is 9.63. The van der Waals surface area contributed by atoms with Gasteiger partial charge in [0.05, 0.1) is 36.1 Å². The zero-order valence-electron chi connectivity index (χ0n) is 34.8. The summed E-state index contributed by atoms with van der Waals surface area (Å²) in [5, 5.41) is 45.6. The first kappa shape index (κ1) is 48.6. The molecule has 61 heavy (non-hydrogen) atoms. The predicted octanol–water partition coefficient (Wildman–Crippen LogP) is 0.386. The number of rotatable bonds is 1. The van der Waals surface area contributed by atoms with Crippen LogP contribution in [-0.4, -0.2) is 134 Å². The van der Waals surface area contributed by atoms with Crippen molar-refractivity contribution >= 4 is 53.2 Å². The fourth-order valence-electron chi connectivity index (χ4n) is 7.90. The quantitative estimate of drug-likeness (QED) is 0.157. The summed E-state index contributed by atoms with van der Waals surface area (Å²) in [6, 6.07) is 0. The number of ketones is 3. The number of hydrogen-bond donors (Lipinski definition) is 4. The van der Waals surface area contributed by atoms with Crippen LogP contribution in [0.2, 0.25) is 0 Å². The van der Waals surface area contributed by atoms with Gasteiger partial charge in [0, 0.05) is 37.5 Å². The minimum absolute atomic E-state index is 0.154. The lowest BCUT2D eigenvalue weighted by Gasteiger charge is -2.38. The van der Waals surface area contributed by atoms with E-state index in [4.69, 9.17) is 28.4 Å². The minimum Gasteiger partial charge on any atom is -0.460 e. The van der Waals surface area contributed by atoms with E-state index in [-0.39, 0.29) is 12.8 Å². The molecule has 0 aromatic heterocycles. The SMILES string of the molecule is C[C@@H]1OC(=O)[C@@H]([C@@]23C(=O)O[C@@H](C)[C@H](O)/C=C\C(=O)O[C@@H](C)CC[C@@](O)(C2=O)[C@H]2C(=O)CC[C@H](C)OC(=O)/C=C\[C@@H](O)[C@H](C)OC(=O)[C@@H]23)CC(=O)CC[C@H](C)OC(=O)/C=C\[C@H]1O. The minimum atomic E-state index is -3.40. The number of Topliss-reactive ketones (excluding diaryl/α,β-unsaturated/α-hetero) is 3. The molecule has 14 atom stereocenters. The fraction of sp³-hybridized carbons (Fsp3) is 0.643. The molecule has 19 heteroatoms. The van der Waals surface area contributed by atoms with Crippen LogP contribution in [0, 0.1) is 23.2 Å². The first-order valence-corrected chi connectivity index (χ1v) is 20.2. The van der Waals surface area contributed by atoms with Crippen LogP contribution in [0.25, 0.3) is 0 Å². The topological polar surface area (TPSA) is 290 Å². The first-order valence-electron chi connectivity index (χ1n) is 20.2. The van der Waals surface area contributed by atoms with Gasteiger partial charge in [0.15, 0.2) is 11.2 Å². The number of esters is 6. The average molecular weight is 863 g/mol. The molecule has 4 rings (SSSR count). The second-order valence-corrected chi connectivity index (χ2v) is 16.1. The smallest absolute Gasteiger partial charge is 0.330 e. The summed E-state index contributed by atoms with van der Waals surface area (Å²) in [6.07, 6.45) is -11.7. The lowest BCUT2D eigenvalue weighted by molar-refractivity contribution is -0.191. The standard InChI is InChI=1S/C42H54O19/c1-20-7-9-26(43)19-27(37(51)59-23(4)28(44)11-14-32(48)56-20)42-36-35(31(47)10-8-21(2)57-33(49)15-12-29(45)24(5)60-38(36)52)41(55,39(42)53)18-17-22(3)58-34(50)16-13-30(46)25(6)61-40(42)54/h11-16,20-25,27-30,35-36,44-46,55H,7-10,17-19H2,1-6H3/b14-11-,15-12-,16-13-/t20-,21-,22-,23-,24-,25-,27-,28+,29+,30+,35-,36+,41-,42-/m0/s1. The molecule has 4 N–H and O–H groups in total. The third kappa shape index (κ3) is 11.0. The second-order valence-electron chi connectivity index (χ2n) is 16.1. The Balaban J connectivity index is 2.11. The van der Waals surface area contributed by atoms with Crippen LogP contribution in [0.1, 0.15) is 86.5 Å². The third-order valence-corrected chi connectivity index (χ3v) is 11.5. The molecule has 0 aromatic rings. The molecule has 1 fully saturated rings. The molecular formula is C42H54O19. The Morgan fingerprint density at radius 1 is 0.541 bits per heavy atom. The molecule has 0 unspecified atom stereocenters. The Bertz CT molecular complexity index is 1830. The van der Waals surface area contributed by atoms with Gasteiger partial charge in [0.2, 0.25) is 0 Å². The molecule has 336 valence electrons. The zero-order chi connectivity index (χ0) is 45.6. The second kappa shape index (κ2) is 20.2. The molecule has 0 saturated heterocycles. The van der Waals surface area contributed by atoms with Crippen molar-refractivity contribution in [1.82, 2.24) is 0 Å². The van der Waals surface area contributed by atoms with E-state index in [1.54, 1.807) is 0 Å². The molecular weight excluding hydrogens is 808 g/mol. The van der Waals surface area contributed by atoms with Gasteiger partial charge in [-0.15, -0.1) is 0 Å². The largest absolute Gasteiger partial charge is 0.460 e. The maximum Gasteiger partial charge on any atom is 0.330 e. The van der Waals surface area contributed by atoms with Crippen molar-refractivity contribution in [2.24, 2.45) is 23.2 Å². The summed E-state index contributed by atoms with van der Waals surface area (Å²) in [6.45, 7) is 7.71. The molecule has 0 spiro atoms. The van der Waals surface area contributed by atoms with E-state index in [9.17, 15) is 54.0 Å². The highest BCUT2D eigenvalue weighted by molar-refractivity contribution is 6.19. The Morgan fingerprint density at radius 2 is 0.967 bits per heavy atom. The van der Waals surface area contributed by atoms with E-state index in [1.807, 2.05) is 0 Å². The van der Waals surface area contributed by atoms with E-state index >= 15 is 9.59 Å². The van der Waals surface area contributed by atoms with Gasteiger partial charge in [0.25, 0.3) is 0 Å². The van der Waals surface area contributed by atoms with Gasteiger partial charge < -0.3 is 48.8 Å². The number of hydrogen-bond acceptors (Lipinski definition) is 19. The molecule has 4 aliphatic rings. The molecule has 3 heterocycles. The Hall–Kier alpha value is -5.11. The van der Waals surface area contributed by atoms with Crippen LogP contribution < -0.4 is 0 Å². The highest BCUT2D eigenvalue weighted by atomic mass is 16.6. The van der Waals surface area contributed by atoms with Crippen LogP contribution in [-0.2, 0) is 71.6 Å². The summed E-state index contributed by atoms with van der Waals surface area (Å²) in [7, 11) is 0. The molecule has 1 aliphatic carbocycles. The first-order chi connectivity index (χ1) is 28.5. The summed E-state index contributed by atoms with van der Waals surface area (Å²) in [5.41, 5.74) is -6.51. The molecule has 0 amide bonds. The number of ether oxygens (including phenoxy) is 6. The summed E-state index contributed by atoms with van der Waals surface area (Å²) < 4.78 is 32.8. The van der Waals surface area contributed by atoms with Gasteiger partial charge in [-0.3, -0.25) is 28.8 Å². The van der Waals surface area contributed by atoms with Crippen molar-refractivity contribution in [2.75, 3.05) is 0 Å². The van der Waals surface area contributed by atoms with Crippen LogP contribution in [0.5, 0.6) is 0 Å². The molecule has 1 saturated carbocycles. The van der Waals surface area contributed by atoms with Crippen molar-refractivity contribution in [1.29, 1.82) is 0 Å². The summed E-state index contributed by atoms with van der Waals surface area (Å²) in [4.78, 5) is 127. The highest BCUT2D eigenvalue weighted by Gasteiger charge is 2.79. The summed E-state index contributed by atoms with van der Waals surface area (Å²) >= 11 is 0. The number of carbonyl (C=O) groups is 9. The lowest BCUT2D eigenvalue weighted by Crippen LogP contribution is -2.57. The number of fused-ring (bicyclic) bond motifs is 5. The van der Waals surface area contributed by atoms with Crippen molar-refractivity contribution in [3.63, 3.8) is 0 Å². The monoisotopic (exact) mass is 862 g/mol. The Morgan fingerprint density at radius 3 is 1.46 bits per heavy atom. The van der Waals surface area contributed by atoms with E-state index in [1.165, 1.54) is 27.7 Å². The van der Waals surface area contributed by atoms with Crippen molar-refractivity contribution in [3.8, 4) is 0 Å². The van der Waals surface area contributed by atoms with Gasteiger partial charge >= 0.3 is 35.8 Å². The zero-order valence-corrected chi connectivity index (χ0v) is 34.8. The number of cyclic esters (lactones) is 6. The Labute approximate surface area is 351 Å². The molecule has 0 radical (unpaired) electrons. The van der Waals surface area contributed by atoms with Gasteiger partial charge in [-0.1, -0.05) is 0 Å².